The van der Waals surface area contributed by atoms with E-state index in [0.29, 0.717) is 0 Å². The van der Waals surface area contributed by atoms with Gasteiger partial charge in [-0.3, -0.25) is 0 Å². The van der Waals surface area contributed by atoms with Gasteiger partial charge in [0.05, 0.1) is 0 Å². The van der Waals surface area contributed by atoms with Crippen molar-refractivity contribution in [2.45, 2.75) is 52.0 Å². The van der Waals surface area contributed by atoms with Gasteiger partial charge in [-0.15, -0.1) is 10.2 Å². The van der Waals surface area contributed by atoms with E-state index in [1.807, 2.05) is 0 Å². The maximum atomic E-state index is 4.53. The Morgan fingerprint density at radius 3 is 1.59 bits per heavy atom. The van der Waals surface area contributed by atoms with Crippen LogP contribution in [0, 0.1) is 0 Å². The molecule has 27 heavy (non-hydrogen) atoms. The van der Waals surface area contributed by atoms with Crippen molar-refractivity contribution in [2.24, 2.45) is 0 Å². The molecule has 0 spiro atoms. The molecule has 0 radical (unpaired) electrons. The summed E-state index contributed by atoms with van der Waals surface area (Å²) in [5, 5.41) is 9.06. The van der Waals surface area contributed by atoms with Gasteiger partial charge < -0.3 is 4.57 Å². The van der Waals surface area contributed by atoms with Crippen LogP contribution in [0.2, 0.25) is 0 Å². The highest BCUT2D eigenvalue weighted by Crippen LogP contribution is 2.27. The molecular weight excluding hydrogens is 466 g/mol. The molecule has 0 bridgehead atoms. The second kappa shape index (κ2) is 10.2. The Labute approximate surface area is 178 Å². The zero-order valence-electron chi connectivity index (χ0n) is 15.7. The number of aromatic nitrogens is 3. The molecule has 5 heteroatoms. The van der Waals surface area contributed by atoms with Crippen LogP contribution in [-0.4, -0.2) is 14.8 Å². The molecule has 3 aromatic rings. The van der Waals surface area contributed by atoms with Crippen LogP contribution in [0.15, 0.2) is 57.5 Å². The SMILES string of the molecule is CCCCCCCCn1c(-c2ccc(Br)cc2)nnc1-c1ccc(Br)cc1. The molecular formula is C22H25Br2N3. The molecule has 0 saturated carbocycles. The molecule has 0 fully saturated rings. The van der Waals surface area contributed by atoms with Gasteiger partial charge in [0.15, 0.2) is 11.6 Å². The normalized spacial score (nSPS) is 11.1. The maximum Gasteiger partial charge on any atom is 0.164 e. The number of hydrogen-bond acceptors (Lipinski definition) is 2. The van der Waals surface area contributed by atoms with E-state index in [9.17, 15) is 0 Å². The van der Waals surface area contributed by atoms with Crippen molar-refractivity contribution < 1.29 is 0 Å². The molecule has 1 aromatic heterocycles. The van der Waals surface area contributed by atoms with Crippen LogP contribution in [0.4, 0.5) is 0 Å². The van der Waals surface area contributed by atoms with Crippen molar-refractivity contribution >= 4 is 31.9 Å². The third-order valence-electron chi connectivity index (χ3n) is 4.69. The summed E-state index contributed by atoms with van der Waals surface area (Å²) in [4.78, 5) is 0. The van der Waals surface area contributed by atoms with Gasteiger partial charge in [-0.25, -0.2) is 0 Å². The largest absolute Gasteiger partial charge is 0.307 e. The minimum absolute atomic E-state index is 0.939. The van der Waals surface area contributed by atoms with Crippen molar-refractivity contribution in [2.75, 3.05) is 0 Å². The molecule has 0 aliphatic rings. The number of hydrogen-bond donors (Lipinski definition) is 0. The van der Waals surface area contributed by atoms with Gasteiger partial charge in [-0.2, -0.15) is 0 Å². The summed E-state index contributed by atoms with van der Waals surface area (Å²) in [6.45, 7) is 3.20. The first-order valence-corrected chi connectivity index (χ1v) is 11.2. The van der Waals surface area contributed by atoms with Gasteiger partial charge in [0.1, 0.15) is 0 Å². The van der Waals surface area contributed by atoms with Crippen molar-refractivity contribution in [1.82, 2.24) is 14.8 Å². The van der Waals surface area contributed by atoms with E-state index in [4.69, 9.17) is 0 Å². The molecule has 3 nitrogen and oxygen atoms in total. The predicted molar refractivity (Wildman–Crippen MR) is 120 cm³/mol. The number of unbranched alkanes of at least 4 members (excludes halogenated alkanes) is 5. The van der Waals surface area contributed by atoms with Gasteiger partial charge in [0.2, 0.25) is 0 Å². The third-order valence-corrected chi connectivity index (χ3v) is 5.75. The van der Waals surface area contributed by atoms with Crippen LogP contribution < -0.4 is 0 Å². The highest BCUT2D eigenvalue weighted by atomic mass is 79.9. The lowest BCUT2D eigenvalue weighted by molar-refractivity contribution is 0.561. The summed E-state index contributed by atoms with van der Waals surface area (Å²) in [7, 11) is 0. The fourth-order valence-corrected chi connectivity index (χ4v) is 3.72. The fourth-order valence-electron chi connectivity index (χ4n) is 3.19. The third kappa shape index (κ3) is 5.52. The average molecular weight is 491 g/mol. The Morgan fingerprint density at radius 1 is 0.667 bits per heavy atom. The van der Waals surface area contributed by atoms with E-state index in [-0.39, 0.29) is 0 Å². The van der Waals surface area contributed by atoms with E-state index in [2.05, 4.69) is 102 Å². The predicted octanol–water partition coefficient (Wildman–Crippen LogP) is 7.50. The van der Waals surface area contributed by atoms with Gasteiger partial charge in [0.25, 0.3) is 0 Å². The van der Waals surface area contributed by atoms with Crippen LogP contribution in [0.25, 0.3) is 22.8 Å². The Morgan fingerprint density at radius 2 is 1.11 bits per heavy atom. The number of rotatable bonds is 9. The highest BCUT2D eigenvalue weighted by molar-refractivity contribution is 9.10. The monoisotopic (exact) mass is 489 g/mol. The Kier molecular flexibility index (Phi) is 7.65. The summed E-state index contributed by atoms with van der Waals surface area (Å²) in [6.07, 6.45) is 7.65. The lowest BCUT2D eigenvalue weighted by Gasteiger charge is -2.11. The number of benzene rings is 2. The number of halogens is 2. The fraction of sp³-hybridized carbons (Fsp3) is 0.364. The van der Waals surface area contributed by atoms with Gasteiger partial charge in [0, 0.05) is 26.6 Å². The molecule has 0 saturated heterocycles. The zero-order chi connectivity index (χ0) is 19.1. The summed E-state index contributed by atoms with van der Waals surface area (Å²) in [5.41, 5.74) is 2.19. The van der Waals surface area contributed by atoms with Crippen LogP contribution in [0.3, 0.4) is 0 Å². The molecule has 3 rings (SSSR count). The first kappa shape index (κ1) is 20.3. The number of nitrogens with zero attached hydrogens (tertiary/aromatic N) is 3. The average Bonchev–Trinajstić information content (AvgIpc) is 3.09. The minimum atomic E-state index is 0.939. The summed E-state index contributed by atoms with van der Waals surface area (Å²) < 4.78 is 4.41. The van der Waals surface area contributed by atoms with Crippen LogP contribution in [0.5, 0.6) is 0 Å². The van der Waals surface area contributed by atoms with Gasteiger partial charge >= 0.3 is 0 Å². The van der Waals surface area contributed by atoms with Gasteiger partial charge in [-0.1, -0.05) is 95.2 Å². The molecule has 0 unspecified atom stereocenters. The minimum Gasteiger partial charge on any atom is -0.307 e. The molecule has 1 heterocycles. The second-order valence-corrected chi connectivity index (χ2v) is 8.61. The highest BCUT2D eigenvalue weighted by Gasteiger charge is 2.15. The topological polar surface area (TPSA) is 30.7 Å². The van der Waals surface area contributed by atoms with Crippen molar-refractivity contribution in [3.63, 3.8) is 0 Å². The zero-order valence-corrected chi connectivity index (χ0v) is 18.8. The van der Waals surface area contributed by atoms with Crippen LogP contribution >= 0.6 is 31.9 Å². The van der Waals surface area contributed by atoms with E-state index < -0.39 is 0 Å². The van der Waals surface area contributed by atoms with Gasteiger partial charge in [-0.05, 0) is 30.7 Å². The molecule has 0 aliphatic heterocycles. The molecule has 142 valence electrons. The standard InChI is InChI=1S/C22H25Br2N3/c1-2-3-4-5-6-7-16-27-21(17-8-12-19(23)13-9-17)25-26-22(27)18-10-14-20(24)15-11-18/h8-15H,2-7,16H2,1H3. The van der Waals surface area contributed by atoms with Crippen molar-refractivity contribution in [1.29, 1.82) is 0 Å². The Bertz CT molecular complexity index is 776. The van der Waals surface area contributed by atoms with E-state index in [1.54, 1.807) is 0 Å². The molecule has 2 aromatic carbocycles. The van der Waals surface area contributed by atoms with Crippen molar-refractivity contribution in [3.8, 4) is 22.8 Å². The molecule has 0 aliphatic carbocycles. The Hall–Kier alpha value is -1.46. The van der Waals surface area contributed by atoms with E-state index in [0.717, 1.165) is 44.7 Å². The lowest BCUT2D eigenvalue weighted by atomic mass is 10.1. The van der Waals surface area contributed by atoms with E-state index in [1.165, 1.54) is 32.1 Å². The molecule has 0 amide bonds. The second-order valence-electron chi connectivity index (χ2n) is 6.78. The summed E-state index contributed by atoms with van der Waals surface area (Å²) >= 11 is 7.02. The maximum absolute atomic E-state index is 4.53. The Balaban J connectivity index is 1.84. The molecule has 0 atom stereocenters. The first-order valence-electron chi connectivity index (χ1n) is 9.64. The van der Waals surface area contributed by atoms with Crippen LogP contribution in [-0.2, 0) is 6.54 Å². The summed E-state index contributed by atoms with van der Waals surface area (Å²) in [5.74, 6) is 1.88. The van der Waals surface area contributed by atoms with Crippen LogP contribution in [0.1, 0.15) is 45.4 Å². The van der Waals surface area contributed by atoms with Crippen molar-refractivity contribution in [3.05, 3.63) is 57.5 Å². The first-order chi connectivity index (χ1) is 13.2. The smallest absolute Gasteiger partial charge is 0.164 e. The molecule has 0 N–H and O–H groups in total. The van der Waals surface area contributed by atoms with E-state index >= 15 is 0 Å². The lowest BCUT2D eigenvalue weighted by Crippen LogP contribution is -2.03. The summed E-state index contributed by atoms with van der Waals surface area (Å²) in [6, 6.07) is 16.6. The quantitative estimate of drug-likeness (QED) is 0.290.